The average molecular weight is 239 g/mol. The third-order valence-electron chi connectivity index (χ3n) is 2.40. The van der Waals surface area contributed by atoms with Crippen molar-refractivity contribution in [2.45, 2.75) is 6.92 Å². The van der Waals surface area contributed by atoms with E-state index in [2.05, 4.69) is 9.88 Å². The highest BCUT2D eigenvalue weighted by Crippen LogP contribution is 2.18. The van der Waals surface area contributed by atoms with E-state index in [0.717, 1.165) is 12.2 Å². The van der Waals surface area contributed by atoms with Gasteiger partial charge in [0.25, 0.3) is 0 Å². The maximum Gasteiger partial charge on any atom is 0.214 e. The molecule has 1 atom stereocenters. The molecule has 5 heteroatoms. The maximum absolute atomic E-state index is 5.59. The van der Waals surface area contributed by atoms with Crippen molar-refractivity contribution in [3.63, 3.8) is 0 Å². The fraction of sp³-hybridized carbons (Fsp3) is 0.455. The molecule has 0 aliphatic carbocycles. The van der Waals surface area contributed by atoms with Gasteiger partial charge in [0.05, 0.1) is 12.1 Å². The molecule has 0 spiro atoms. The Labute approximate surface area is 101 Å². The Morgan fingerprint density at radius 1 is 1.69 bits per heavy atom. The molecule has 4 nitrogen and oxygen atoms in total. The SMILES string of the molecule is COc1cc(N(C)CC(C)C(N)=S)ccn1. The average Bonchev–Trinajstić information content (AvgIpc) is 2.28. The standard InChI is InChI=1S/C11H17N3OS/c1-8(11(12)16)7-14(2)9-4-5-13-10(6-9)15-3/h4-6,8H,7H2,1-3H3,(H2,12,16). The van der Waals surface area contributed by atoms with Gasteiger partial charge in [0.1, 0.15) is 0 Å². The first-order valence-electron chi connectivity index (χ1n) is 5.05. The Morgan fingerprint density at radius 3 is 2.94 bits per heavy atom. The van der Waals surface area contributed by atoms with Gasteiger partial charge in [-0.3, -0.25) is 0 Å². The summed E-state index contributed by atoms with van der Waals surface area (Å²) >= 11 is 4.95. The number of ether oxygens (including phenoxy) is 1. The smallest absolute Gasteiger partial charge is 0.214 e. The lowest BCUT2D eigenvalue weighted by molar-refractivity contribution is 0.398. The predicted octanol–water partition coefficient (Wildman–Crippen LogP) is 1.45. The van der Waals surface area contributed by atoms with E-state index < -0.39 is 0 Å². The van der Waals surface area contributed by atoms with Crippen LogP contribution in [0.2, 0.25) is 0 Å². The van der Waals surface area contributed by atoms with Gasteiger partial charge in [-0.15, -0.1) is 0 Å². The van der Waals surface area contributed by atoms with Crippen LogP contribution < -0.4 is 15.4 Å². The third kappa shape index (κ3) is 3.34. The fourth-order valence-corrected chi connectivity index (χ4v) is 1.43. The molecular formula is C11H17N3OS. The molecule has 0 aliphatic heterocycles. The number of nitrogens with two attached hydrogens (primary N) is 1. The zero-order valence-electron chi connectivity index (χ0n) is 9.80. The van der Waals surface area contributed by atoms with Gasteiger partial charge in [0.2, 0.25) is 5.88 Å². The normalized spacial score (nSPS) is 11.9. The van der Waals surface area contributed by atoms with Crippen molar-refractivity contribution in [2.75, 3.05) is 25.6 Å². The molecule has 1 aromatic heterocycles. The van der Waals surface area contributed by atoms with E-state index in [9.17, 15) is 0 Å². The molecule has 0 aliphatic rings. The third-order valence-corrected chi connectivity index (χ3v) is 2.80. The summed E-state index contributed by atoms with van der Waals surface area (Å²) in [6.07, 6.45) is 1.72. The second-order valence-electron chi connectivity index (χ2n) is 3.74. The lowest BCUT2D eigenvalue weighted by atomic mass is 10.1. The van der Waals surface area contributed by atoms with Crippen LogP contribution in [0, 0.1) is 5.92 Å². The molecule has 0 amide bonds. The second-order valence-corrected chi connectivity index (χ2v) is 4.21. The summed E-state index contributed by atoms with van der Waals surface area (Å²) in [5.74, 6) is 0.784. The van der Waals surface area contributed by atoms with Gasteiger partial charge in [-0.1, -0.05) is 19.1 Å². The van der Waals surface area contributed by atoms with E-state index in [0.29, 0.717) is 10.9 Å². The van der Waals surface area contributed by atoms with Crippen molar-refractivity contribution in [3.8, 4) is 5.88 Å². The van der Waals surface area contributed by atoms with Crippen LogP contribution in [-0.4, -0.2) is 30.7 Å². The predicted molar refractivity (Wildman–Crippen MR) is 70.0 cm³/mol. The van der Waals surface area contributed by atoms with E-state index in [1.165, 1.54) is 0 Å². The molecule has 1 aromatic rings. The molecule has 1 rings (SSSR count). The first-order chi connectivity index (χ1) is 7.54. The number of nitrogens with zero attached hydrogens (tertiary/aromatic N) is 2. The summed E-state index contributed by atoms with van der Waals surface area (Å²) in [6, 6.07) is 3.81. The molecule has 0 aromatic carbocycles. The number of rotatable bonds is 5. The van der Waals surface area contributed by atoms with E-state index in [1.807, 2.05) is 26.1 Å². The van der Waals surface area contributed by atoms with Crippen molar-refractivity contribution >= 4 is 22.9 Å². The monoisotopic (exact) mass is 239 g/mol. The number of hydrogen-bond acceptors (Lipinski definition) is 4. The summed E-state index contributed by atoms with van der Waals surface area (Å²) in [7, 11) is 3.59. The summed E-state index contributed by atoms with van der Waals surface area (Å²) in [4.78, 5) is 6.67. The Balaban J connectivity index is 2.72. The van der Waals surface area contributed by atoms with Crippen molar-refractivity contribution in [3.05, 3.63) is 18.3 Å². The van der Waals surface area contributed by atoms with Crippen LogP contribution in [0.1, 0.15) is 6.92 Å². The van der Waals surface area contributed by atoms with E-state index in [1.54, 1.807) is 13.3 Å². The number of hydrogen-bond donors (Lipinski definition) is 1. The molecule has 0 saturated carbocycles. The highest BCUT2D eigenvalue weighted by Gasteiger charge is 2.10. The molecule has 2 N–H and O–H groups in total. The highest BCUT2D eigenvalue weighted by molar-refractivity contribution is 7.80. The quantitative estimate of drug-likeness (QED) is 0.788. The summed E-state index contributed by atoms with van der Waals surface area (Å²) in [5, 5.41) is 0. The zero-order valence-corrected chi connectivity index (χ0v) is 10.6. The molecule has 0 fully saturated rings. The molecule has 0 bridgehead atoms. The van der Waals surface area contributed by atoms with Gasteiger partial charge >= 0.3 is 0 Å². The van der Waals surface area contributed by atoms with Gasteiger partial charge in [-0.2, -0.15) is 0 Å². The first-order valence-corrected chi connectivity index (χ1v) is 5.46. The first kappa shape index (κ1) is 12.7. The van der Waals surface area contributed by atoms with Crippen LogP contribution in [0.25, 0.3) is 0 Å². The van der Waals surface area contributed by atoms with Crippen molar-refractivity contribution in [1.29, 1.82) is 0 Å². The topological polar surface area (TPSA) is 51.4 Å². The number of anilines is 1. The van der Waals surface area contributed by atoms with Crippen LogP contribution >= 0.6 is 12.2 Å². The molecule has 1 unspecified atom stereocenters. The second kappa shape index (κ2) is 5.65. The van der Waals surface area contributed by atoms with Gasteiger partial charge in [-0.05, 0) is 6.07 Å². The van der Waals surface area contributed by atoms with Gasteiger partial charge in [-0.25, -0.2) is 4.98 Å². The minimum Gasteiger partial charge on any atom is -0.481 e. The Morgan fingerprint density at radius 2 is 2.38 bits per heavy atom. The molecule has 1 heterocycles. The summed E-state index contributed by atoms with van der Waals surface area (Å²) < 4.78 is 5.07. The van der Waals surface area contributed by atoms with Crippen molar-refractivity contribution in [2.24, 2.45) is 11.7 Å². The Hall–Kier alpha value is -1.36. The largest absolute Gasteiger partial charge is 0.481 e. The van der Waals surface area contributed by atoms with Crippen LogP contribution in [0.3, 0.4) is 0 Å². The number of methoxy groups -OCH3 is 1. The van der Waals surface area contributed by atoms with Crippen molar-refractivity contribution < 1.29 is 4.74 Å². The van der Waals surface area contributed by atoms with Crippen LogP contribution in [-0.2, 0) is 0 Å². The van der Waals surface area contributed by atoms with Crippen LogP contribution in [0.15, 0.2) is 18.3 Å². The molecule has 0 saturated heterocycles. The van der Waals surface area contributed by atoms with E-state index in [-0.39, 0.29) is 5.92 Å². The number of aromatic nitrogens is 1. The minimum atomic E-state index is 0.180. The van der Waals surface area contributed by atoms with Gasteiger partial charge in [0, 0.05) is 37.5 Å². The van der Waals surface area contributed by atoms with E-state index in [4.69, 9.17) is 22.7 Å². The molecule has 88 valence electrons. The maximum atomic E-state index is 5.59. The lowest BCUT2D eigenvalue weighted by Gasteiger charge is -2.22. The highest BCUT2D eigenvalue weighted by atomic mass is 32.1. The fourth-order valence-electron chi connectivity index (χ4n) is 1.35. The number of thiocarbonyl (C=S) groups is 1. The van der Waals surface area contributed by atoms with Crippen LogP contribution in [0.4, 0.5) is 5.69 Å². The van der Waals surface area contributed by atoms with E-state index >= 15 is 0 Å². The summed E-state index contributed by atoms with van der Waals surface area (Å²) in [6.45, 7) is 2.79. The molecule has 0 radical (unpaired) electrons. The summed E-state index contributed by atoms with van der Waals surface area (Å²) in [5.41, 5.74) is 6.62. The minimum absolute atomic E-state index is 0.180. The molecular weight excluding hydrogens is 222 g/mol. The Bertz CT molecular complexity index is 370. The van der Waals surface area contributed by atoms with Gasteiger partial charge in [0.15, 0.2) is 0 Å². The van der Waals surface area contributed by atoms with Crippen LogP contribution in [0.5, 0.6) is 5.88 Å². The Kier molecular flexibility index (Phi) is 4.49. The van der Waals surface area contributed by atoms with Crippen molar-refractivity contribution in [1.82, 2.24) is 4.98 Å². The van der Waals surface area contributed by atoms with Gasteiger partial charge < -0.3 is 15.4 Å². The molecule has 16 heavy (non-hydrogen) atoms. The number of pyridine rings is 1. The lowest BCUT2D eigenvalue weighted by Crippen LogP contribution is -2.31. The zero-order chi connectivity index (χ0) is 12.1.